The highest BCUT2D eigenvalue weighted by molar-refractivity contribution is 9.11. The fourth-order valence-corrected chi connectivity index (χ4v) is 5.14. The van der Waals surface area contributed by atoms with Crippen molar-refractivity contribution in [3.63, 3.8) is 0 Å². The topological polar surface area (TPSA) is 46.2 Å². The Kier molecular flexibility index (Phi) is 4.45. The van der Waals surface area contributed by atoms with Gasteiger partial charge in [0, 0.05) is 6.04 Å². The third-order valence-electron chi connectivity index (χ3n) is 2.73. The van der Waals surface area contributed by atoms with Gasteiger partial charge in [-0.05, 0) is 47.0 Å². The van der Waals surface area contributed by atoms with Crippen molar-refractivity contribution in [2.45, 2.75) is 24.1 Å². The second-order valence-corrected chi connectivity index (χ2v) is 8.59. The van der Waals surface area contributed by atoms with Crippen molar-refractivity contribution < 1.29 is 8.42 Å². The molecule has 0 saturated heterocycles. The lowest BCUT2D eigenvalue weighted by Gasteiger charge is -2.13. The molecule has 0 aliphatic rings. The molecule has 0 fully saturated rings. The van der Waals surface area contributed by atoms with Crippen molar-refractivity contribution in [3.05, 3.63) is 51.3 Å². The molecule has 2 rings (SSSR count). The van der Waals surface area contributed by atoms with Gasteiger partial charge in [-0.2, -0.15) is 0 Å². The number of sulfonamides is 1. The van der Waals surface area contributed by atoms with Crippen molar-refractivity contribution in [2.75, 3.05) is 0 Å². The summed E-state index contributed by atoms with van der Waals surface area (Å²) in [4.78, 5) is 0. The number of nitrogens with one attached hydrogen (secondary N) is 1. The number of aryl methyl sites for hydroxylation is 1. The van der Waals surface area contributed by atoms with E-state index in [-0.39, 0.29) is 6.04 Å². The van der Waals surface area contributed by atoms with Crippen LogP contribution in [0.2, 0.25) is 0 Å². The van der Waals surface area contributed by atoms with E-state index in [0.717, 1.165) is 14.9 Å². The quantitative estimate of drug-likeness (QED) is 0.900. The summed E-state index contributed by atoms with van der Waals surface area (Å²) in [6.45, 7) is 3.71. The zero-order valence-corrected chi connectivity index (χ0v) is 13.8. The lowest BCUT2D eigenvalue weighted by molar-refractivity contribution is 0.569. The molecule has 0 aliphatic heterocycles. The van der Waals surface area contributed by atoms with E-state index in [0.29, 0.717) is 4.21 Å². The number of halogens is 1. The molecule has 3 nitrogen and oxygen atoms in total. The molecule has 0 radical (unpaired) electrons. The minimum absolute atomic E-state index is 0.257. The van der Waals surface area contributed by atoms with Gasteiger partial charge in [0.1, 0.15) is 4.21 Å². The molecule has 0 unspecified atom stereocenters. The van der Waals surface area contributed by atoms with E-state index in [2.05, 4.69) is 20.7 Å². The Morgan fingerprint density at radius 2 is 1.89 bits per heavy atom. The minimum Gasteiger partial charge on any atom is -0.206 e. The molecule has 102 valence electrons. The summed E-state index contributed by atoms with van der Waals surface area (Å²) in [5.41, 5.74) is 1.87. The molecule has 1 atom stereocenters. The van der Waals surface area contributed by atoms with Gasteiger partial charge in [-0.15, -0.1) is 11.3 Å². The normalized spacial score (nSPS) is 13.4. The van der Waals surface area contributed by atoms with Crippen LogP contribution in [0.15, 0.2) is 44.4 Å². The summed E-state index contributed by atoms with van der Waals surface area (Å²) in [6, 6.07) is 10.9. The van der Waals surface area contributed by atoms with Crippen molar-refractivity contribution in [1.82, 2.24) is 4.72 Å². The summed E-state index contributed by atoms with van der Waals surface area (Å²) in [5, 5.41) is 0. The first kappa shape index (κ1) is 14.7. The van der Waals surface area contributed by atoms with Crippen LogP contribution < -0.4 is 4.72 Å². The molecule has 0 amide bonds. The Morgan fingerprint density at radius 3 is 2.42 bits per heavy atom. The van der Waals surface area contributed by atoms with Crippen LogP contribution >= 0.6 is 27.3 Å². The van der Waals surface area contributed by atoms with Crippen LogP contribution in [0.1, 0.15) is 24.1 Å². The molecule has 1 aromatic carbocycles. The van der Waals surface area contributed by atoms with E-state index in [1.807, 2.05) is 44.2 Å². The third kappa shape index (κ3) is 3.45. The van der Waals surface area contributed by atoms with E-state index in [9.17, 15) is 8.42 Å². The first-order chi connectivity index (χ1) is 8.90. The van der Waals surface area contributed by atoms with Gasteiger partial charge >= 0.3 is 0 Å². The molecule has 6 heteroatoms. The molecule has 2 aromatic rings. The summed E-state index contributed by atoms with van der Waals surface area (Å²) in [5.74, 6) is 0. The highest BCUT2D eigenvalue weighted by atomic mass is 79.9. The highest BCUT2D eigenvalue weighted by Crippen LogP contribution is 2.31. The van der Waals surface area contributed by atoms with Gasteiger partial charge in [0.05, 0.1) is 3.79 Å². The molecule has 0 saturated carbocycles. The smallest absolute Gasteiger partial charge is 0.206 e. The van der Waals surface area contributed by atoms with Crippen molar-refractivity contribution in [2.24, 2.45) is 0 Å². The monoisotopic (exact) mass is 359 g/mol. The lowest BCUT2D eigenvalue weighted by atomic mass is 10.1. The minimum atomic E-state index is -3.47. The van der Waals surface area contributed by atoms with Gasteiger partial charge in [-0.25, -0.2) is 13.1 Å². The molecule has 0 spiro atoms. The van der Waals surface area contributed by atoms with E-state index < -0.39 is 10.0 Å². The average Bonchev–Trinajstić information content (AvgIpc) is 2.71. The summed E-state index contributed by atoms with van der Waals surface area (Å²) < 4.78 is 28.4. The number of thiophene rings is 1. The van der Waals surface area contributed by atoms with E-state index in [1.54, 1.807) is 6.07 Å². The number of benzene rings is 1. The summed E-state index contributed by atoms with van der Waals surface area (Å²) >= 11 is 4.57. The standard InChI is InChI=1S/C13H14BrNO2S2/c1-9-8-12(18-13(9)14)19(16,17)15-10(2)11-6-4-3-5-7-11/h3-8,10,15H,1-2H3/t10-/m0/s1. The Morgan fingerprint density at radius 1 is 1.26 bits per heavy atom. The van der Waals surface area contributed by atoms with Gasteiger partial charge in [0.15, 0.2) is 0 Å². The van der Waals surface area contributed by atoms with Gasteiger partial charge in [0.25, 0.3) is 10.0 Å². The molecular formula is C13H14BrNO2S2. The zero-order chi connectivity index (χ0) is 14.0. The zero-order valence-electron chi connectivity index (χ0n) is 10.6. The fraction of sp³-hybridized carbons (Fsp3) is 0.231. The number of hydrogen-bond acceptors (Lipinski definition) is 3. The molecule has 1 heterocycles. The highest BCUT2D eigenvalue weighted by Gasteiger charge is 2.21. The first-order valence-electron chi connectivity index (χ1n) is 5.73. The van der Waals surface area contributed by atoms with Crippen molar-refractivity contribution in [3.8, 4) is 0 Å². The maximum atomic E-state index is 12.3. The van der Waals surface area contributed by atoms with Crippen LogP contribution in [-0.4, -0.2) is 8.42 Å². The average molecular weight is 360 g/mol. The van der Waals surface area contributed by atoms with Crippen molar-refractivity contribution >= 4 is 37.3 Å². The summed E-state index contributed by atoms with van der Waals surface area (Å²) in [6.07, 6.45) is 0. The van der Waals surface area contributed by atoms with E-state index in [1.165, 1.54) is 11.3 Å². The molecular weight excluding hydrogens is 346 g/mol. The molecule has 0 bridgehead atoms. The first-order valence-corrected chi connectivity index (χ1v) is 8.82. The van der Waals surface area contributed by atoms with Gasteiger partial charge < -0.3 is 0 Å². The fourth-order valence-electron chi connectivity index (χ4n) is 1.66. The van der Waals surface area contributed by atoms with Gasteiger partial charge in [0.2, 0.25) is 0 Å². The predicted octanol–water partition coefficient (Wildman–Crippen LogP) is 3.86. The Balaban J connectivity index is 2.22. The van der Waals surface area contributed by atoms with E-state index >= 15 is 0 Å². The van der Waals surface area contributed by atoms with Gasteiger partial charge in [-0.1, -0.05) is 30.3 Å². The van der Waals surface area contributed by atoms with Crippen LogP contribution in [0.3, 0.4) is 0 Å². The molecule has 1 aromatic heterocycles. The van der Waals surface area contributed by atoms with Crippen LogP contribution in [-0.2, 0) is 10.0 Å². The Hall–Kier alpha value is -0.690. The van der Waals surface area contributed by atoms with Gasteiger partial charge in [-0.3, -0.25) is 0 Å². The number of rotatable bonds is 4. The van der Waals surface area contributed by atoms with E-state index in [4.69, 9.17) is 0 Å². The van der Waals surface area contributed by atoms with Crippen LogP contribution in [0.4, 0.5) is 0 Å². The number of hydrogen-bond donors (Lipinski definition) is 1. The van der Waals surface area contributed by atoms with Crippen LogP contribution in [0.5, 0.6) is 0 Å². The molecule has 0 aliphatic carbocycles. The maximum Gasteiger partial charge on any atom is 0.250 e. The van der Waals surface area contributed by atoms with Crippen LogP contribution in [0.25, 0.3) is 0 Å². The summed E-state index contributed by atoms with van der Waals surface area (Å²) in [7, 11) is -3.47. The Bertz CT molecular complexity index is 646. The van der Waals surface area contributed by atoms with Crippen molar-refractivity contribution in [1.29, 1.82) is 0 Å². The molecule has 19 heavy (non-hydrogen) atoms. The van der Waals surface area contributed by atoms with Crippen LogP contribution in [0, 0.1) is 6.92 Å². The second kappa shape index (κ2) is 5.75. The predicted molar refractivity (Wildman–Crippen MR) is 81.9 cm³/mol. The second-order valence-electron chi connectivity index (χ2n) is 4.28. The Labute approximate surface area is 125 Å². The largest absolute Gasteiger partial charge is 0.250 e. The lowest BCUT2D eigenvalue weighted by Crippen LogP contribution is -2.26. The SMILES string of the molecule is Cc1cc(S(=O)(=O)N[C@@H](C)c2ccccc2)sc1Br. The third-order valence-corrected chi connectivity index (χ3v) is 6.88. The maximum absolute atomic E-state index is 12.3. The molecule has 1 N–H and O–H groups in total.